The molecule has 0 saturated heterocycles. The van der Waals surface area contributed by atoms with Crippen molar-refractivity contribution in [1.82, 2.24) is 5.32 Å². The maximum Gasteiger partial charge on any atom is 0.336 e. The summed E-state index contributed by atoms with van der Waals surface area (Å²) in [5.41, 5.74) is 0.656. The molecule has 2 aromatic rings. The number of fused-ring (bicyclic) bond motifs is 1. The highest BCUT2D eigenvalue weighted by molar-refractivity contribution is 5.86. The Kier molecular flexibility index (Phi) is 5.46. The van der Waals surface area contributed by atoms with Crippen molar-refractivity contribution in [3.8, 4) is 5.75 Å². The van der Waals surface area contributed by atoms with Gasteiger partial charge in [0.25, 0.3) is 5.91 Å². The average Bonchev–Trinajstić information content (AvgIpc) is 2.50. The third-order valence-corrected chi connectivity index (χ3v) is 3.82. The third kappa shape index (κ3) is 4.37. The van der Waals surface area contributed by atoms with E-state index in [2.05, 4.69) is 5.32 Å². The lowest BCUT2D eigenvalue weighted by Gasteiger charge is -2.25. The molecular weight excluding hydrogens is 326 g/mol. The molecule has 0 fully saturated rings. The lowest BCUT2D eigenvalue weighted by molar-refractivity contribution is -0.309. The minimum Gasteiger partial charge on any atom is -0.548 e. The van der Waals surface area contributed by atoms with Gasteiger partial charge in [-0.15, -0.1) is 0 Å². The van der Waals surface area contributed by atoms with Crippen molar-refractivity contribution in [3.05, 3.63) is 40.2 Å². The van der Waals surface area contributed by atoms with Crippen molar-refractivity contribution < 1.29 is 23.8 Å². The van der Waals surface area contributed by atoms with Gasteiger partial charge in [-0.25, -0.2) is 4.79 Å². The highest BCUT2D eigenvalue weighted by Crippen LogP contribution is 2.23. The molecule has 1 amide bonds. The van der Waals surface area contributed by atoms with Crippen LogP contribution in [0.15, 0.2) is 33.5 Å². The standard InChI is InChI=1S/C18H21NO6/c1-9(2)16(18(22)23)19-17(21)11(4)24-12-5-6-13-10(3)7-15(20)25-14(13)8-12/h5-9,11,16H,1-4H3,(H,19,21)(H,22,23)/p-1/t11-,16+/m0/s1. The van der Waals surface area contributed by atoms with E-state index in [9.17, 15) is 19.5 Å². The molecule has 0 unspecified atom stereocenters. The number of aryl methyl sites for hydroxylation is 1. The SMILES string of the molecule is Cc1cc(=O)oc2cc(O[C@@H](C)C(=O)N[C@@H](C(=O)[O-])C(C)C)ccc12. The lowest BCUT2D eigenvalue weighted by atomic mass is 10.0. The molecule has 1 aromatic carbocycles. The number of nitrogens with one attached hydrogen (secondary N) is 1. The monoisotopic (exact) mass is 346 g/mol. The van der Waals surface area contributed by atoms with Gasteiger partial charge in [0.1, 0.15) is 11.3 Å². The Labute approximate surface area is 144 Å². The van der Waals surface area contributed by atoms with Crippen molar-refractivity contribution in [2.75, 3.05) is 0 Å². The van der Waals surface area contributed by atoms with Crippen LogP contribution in [0.3, 0.4) is 0 Å². The molecule has 1 heterocycles. The van der Waals surface area contributed by atoms with Gasteiger partial charge in [-0.1, -0.05) is 13.8 Å². The van der Waals surface area contributed by atoms with Crippen molar-refractivity contribution in [3.63, 3.8) is 0 Å². The van der Waals surface area contributed by atoms with E-state index in [1.54, 1.807) is 32.9 Å². The molecule has 0 bridgehead atoms. The zero-order chi connectivity index (χ0) is 18.7. The minimum absolute atomic E-state index is 0.320. The fourth-order valence-electron chi connectivity index (χ4n) is 2.40. The van der Waals surface area contributed by atoms with Gasteiger partial charge in [0.15, 0.2) is 6.10 Å². The van der Waals surface area contributed by atoms with Gasteiger partial charge in [0, 0.05) is 17.5 Å². The average molecular weight is 346 g/mol. The fourth-order valence-corrected chi connectivity index (χ4v) is 2.40. The van der Waals surface area contributed by atoms with Gasteiger partial charge in [-0.2, -0.15) is 0 Å². The molecule has 134 valence electrons. The summed E-state index contributed by atoms with van der Waals surface area (Å²) in [6, 6.07) is 5.19. The van der Waals surface area contributed by atoms with Crippen molar-refractivity contribution >= 4 is 22.8 Å². The molecule has 2 rings (SSSR count). The van der Waals surface area contributed by atoms with Crippen LogP contribution in [0.2, 0.25) is 0 Å². The number of hydrogen-bond acceptors (Lipinski definition) is 6. The summed E-state index contributed by atoms with van der Waals surface area (Å²) in [7, 11) is 0. The summed E-state index contributed by atoms with van der Waals surface area (Å²) in [5, 5.41) is 14.2. The summed E-state index contributed by atoms with van der Waals surface area (Å²) >= 11 is 0. The van der Waals surface area contributed by atoms with E-state index in [0.717, 1.165) is 10.9 Å². The second kappa shape index (κ2) is 7.38. The molecule has 0 aliphatic rings. The Balaban J connectivity index is 2.15. The number of benzene rings is 1. The molecule has 2 atom stereocenters. The molecule has 0 radical (unpaired) electrons. The predicted molar refractivity (Wildman–Crippen MR) is 89.1 cm³/mol. The van der Waals surface area contributed by atoms with E-state index in [1.165, 1.54) is 19.1 Å². The lowest BCUT2D eigenvalue weighted by Crippen LogP contribution is -2.53. The number of aliphatic carboxylic acids is 1. The number of amides is 1. The van der Waals surface area contributed by atoms with Gasteiger partial charge in [0.2, 0.25) is 0 Å². The number of carboxylic acid groups (broad SMARTS) is 1. The van der Waals surface area contributed by atoms with Gasteiger partial charge < -0.3 is 24.4 Å². The van der Waals surface area contributed by atoms with E-state index in [0.29, 0.717) is 11.3 Å². The van der Waals surface area contributed by atoms with Crippen molar-refractivity contribution in [2.24, 2.45) is 5.92 Å². The van der Waals surface area contributed by atoms with Crippen molar-refractivity contribution in [1.29, 1.82) is 0 Å². The number of carbonyl (C=O) groups is 2. The molecule has 0 aliphatic carbocycles. The van der Waals surface area contributed by atoms with Crippen LogP contribution in [0.1, 0.15) is 26.3 Å². The Morgan fingerprint density at radius 1 is 1.20 bits per heavy atom. The van der Waals surface area contributed by atoms with E-state index in [1.807, 2.05) is 0 Å². The Bertz CT molecular complexity index is 854. The van der Waals surface area contributed by atoms with Crippen LogP contribution < -0.4 is 20.8 Å². The molecule has 1 N–H and O–H groups in total. The Morgan fingerprint density at radius 2 is 1.88 bits per heavy atom. The maximum atomic E-state index is 12.1. The maximum absolute atomic E-state index is 12.1. The van der Waals surface area contributed by atoms with Crippen LogP contribution in [-0.2, 0) is 9.59 Å². The Hall–Kier alpha value is -2.83. The predicted octanol–water partition coefficient (Wildman–Crippen LogP) is 0.759. The van der Waals surface area contributed by atoms with Gasteiger partial charge in [-0.05, 0) is 37.5 Å². The number of hydrogen-bond donors (Lipinski definition) is 1. The highest BCUT2D eigenvalue weighted by atomic mass is 16.5. The summed E-state index contributed by atoms with van der Waals surface area (Å²) in [5.74, 6) is -1.91. The van der Waals surface area contributed by atoms with E-state index in [4.69, 9.17) is 9.15 Å². The molecule has 0 saturated carbocycles. The summed E-state index contributed by atoms with van der Waals surface area (Å²) < 4.78 is 10.7. The van der Waals surface area contributed by atoms with Gasteiger partial charge in [-0.3, -0.25) is 4.79 Å². The molecular formula is C18H20NO6-. The Morgan fingerprint density at radius 3 is 2.48 bits per heavy atom. The first-order valence-electron chi connectivity index (χ1n) is 7.91. The van der Waals surface area contributed by atoms with E-state index >= 15 is 0 Å². The molecule has 25 heavy (non-hydrogen) atoms. The summed E-state index contributed by atoms with van der Waals surface area (Å²) in [4.78, 5) is 34.7. The zero-order valence-electron chi connectivity index (χ0n) is 14.5. The van der Waals surface area contributed by atoms with Crippen LogP contribution in [0.25, 0.3) is 11.0 Å². The number of carboxylic acids is 1. The fraction of sp³-hybridized carbons (Fsp3) is 0.389. The molecule has 0 aliphatic heterocycles. The van der Waals surface area contributed by atoms with Gasteiger partial charge in [0.05, 0.1) is 12.0 Å². The van der Waals surface area contributed by atoms with Crippen molar-refractivity contribution in [2.45, 2.75) is 39.8 Å². The topological polar surface area (TPSA) is 109 Å². The first kappa shape index (κ1) is 18.5. The van der Waals surface area contributed by atoms with Crippen LogP contribution in [0.5, 0.6) is 5.75 Å². The molecule has 1 aromatic heterocycles. The van der Waals surface area contributed by atoms with E-state index < -0.39 is 29.6 Å². The number of ether oxygens (including phenoxy) is 1. The molecule has 7 heteroatoms. The first-order valence-corrected chi connectivity index (χ1v) is 7.91. The normalized spacial score (nSPS) is 13.5. The second-order valence-corrected chi connectivity index (χ2v) is 6.22. The van der Waals surface area contributed by atoms with E-state index in [-0.39, 0.29) is 5.92 Å². The number of rotatable bonds is 6. The highest BCUT2D eigenvalue weighted by Gasteiger charge is 2.22. The summed E-state index contributed by atoms with van der Waals surface area (Å²) in [6.45, 7) is 6.63. The molecule has 7 nitrogen and oxygen atoms in total. The largest absolute Gasteiger partial charge is 0.548 e. The van der Waals surface area contributed by atoms with Crippen LogP contribution >= 0.6 is 0 Å². The van der Waals surface area contributed by atoms with Gasteiger partial charge >= 0.3 is 5.63 Å². The summed E-state index contributed by atoms with van der Waals surface area (Å²) in [6.07, 6.45) is -0.936. The number of carbonyl (C=O) groups excluding carboxylic acids is 2. The second-order valence-electron chi connectivity index (χ2n) is 6.22. The third-order valence-electron chi connectivity index (χ3n) is 3.82. The van der Waals surface area contributed by atoms with Crippen LogP contribution in [-0.4, -0.2) is 24.0 Å². The quantitative estimate of drug-likeness (QED) is 0.774. The van der Waals surface area contributed by atoms with Crippen LogP contribution in [0.4, 0.5) is 0 Å². The smallest absolute Gasteiger partial charge is 0.336 e. The van der Waals surface area contributed by atoms with Crippen LogP contribution in [0, 0.1) is 12.8 Å². The first-order chi connectivity index (χ1) is 11.7. The minimum atomic E-state index is -1.35. The molecule has 0 spiro atoms. The zero-order valence-corrected chi connectivity index (χ0v) is 14.5.